The monoisotopic (exact) mass is 375 g/mol. The van der Waals surface area contributed by atoms with Crippen LogP contribution in [0.3, 0.4) is 0 Å². The molecular formula is C10H9F3INO3. The standard InChI is InChI=1S/C10H9F3INO3/c1-5-7(18-10(11,12)13)3-6(9(14)15-5)4-8(16)17-2/h3H,4H2,1-2H3. The van der Waals surface area contributed by atoms with Crippen LogP contribution in [0.1, 0.15) is 11.3 Å². The fraction of sp³-hybridized carbons (Fsp3) is 0.400. The van der Waals surface area contributed by atoms with Gasteiger partial charge in [0.05, 0.1) is 19.2 Å². The van der Waals surface area contributed by atoms with Crippen molar-refractivity contribution in [2.24, 2.45) is 0 Å². The van der Waals surface area contributed by atoms with Gasteiger partial charge in [-0.2, -0.15) is 0 Å². The Morgan fingerprint density at radius 2 is 2.11 bits per heavy atom. The summed E-state index contributed by atoms with van der Waals surface area (Å²) >= 11 is 1.83. The lowest BCUT2D eigenvalue weighted by Gasteiger charge is -2.13. The van der Waals surface area contributed by atoms with Crippen molar-refractivity contribution in [1.29, 1.82) is 0 Å². The molecule has 0 saturated carbocycles. The summed E-state index contributed by atoms with van der Waals surface area (Å²) < 4.78 is 45.1. The number of pyridine rings is 1. The zero-order valence-corrected chi connectivity index (χ0v) is 11.6. The number of nitrogens with zero attached hydrogens (tertiary/aromatic N) is 1. The number of esters is 1. The second kappa shape index (κ2) is 5.72. The quantitative estimate of drug-likeness (QED) is 0.463. The first kappa shape index (κ1) is 15.0. The molecule has 0 atom stereocenters. The van der Waals surface area contributed by atoms with Crippen molar-refractivity contribution >= 4 is 28.6 Å². The van der Waals surface area contributed by atoms with Crippen molar-refractivity contribution in [1.82, 2.24) is 4.98 Å². The van der Waals surface area contributed by atoms with Crippen molar-refractivity contribution in [3.8, 4) is 5.75 Å². The lowest BCUT2D eigenvalue weighted by Crippen LogP contribution is -2.19. The van der Waals surface area contributed by atoms with Crippen LogP contribution in [0.15, 0.2) is 6.07 Å². The summed E-state index contributed by atoms with van der Waals surface area (Å²) in [6.07, 6.45) is -4.95. The summed E-state index contributed by atoms with van der Waals surface area (Å²) in [5, 5.41) is 0. The number of carbonyl (C=O) groups excluding carboxylic acids is 1. The van der Waals surface area contributed by atoms with Crippen LogP contribution in [0.25, 0.3) is 0 Å². The van der Waals surface area contributed by atoms with Gasteiger partial charge in [-0.3, -0.25) is 4.79 Å². The predicted octanol–water partition coefficient (Wildman–Crippen LogP) is 2.61. The molecular weight excluding hydrogens is 366 g/mol. The molecule has 4 nitrogen and oxygen atoms in total. The third kappa shape index (κ3) is 4.31. The molecule has 0 N–H and O–H groups in total. The van der Waals surface area contributed by atoms with E-state index in [2.05, 4.69) is 14.5 Å². The van der Waals surface area contributed by atoms with Gasteiger partial charge in [0.2, 0.25) is 0 Å². The van der Waals surface area contributed by atoms with Gasteiger partial charge in [0.15, 0.2) is 5.75 Å². The highest BCUT2D eigenvalue weighted by Crippen LogP contribution is 2.27. The molecule has 0 aliphatic heterocycles. The van der Waals surface area contributed by atoms with Crippen LogP contribution in [-0.2, 0) is 16.0 Å². The van der Waals surface area contributed by atoms with Crippen molar-refractivity contribution in [3.63, 3.8) is 0 Å². The lowest BCUT2D eigenvalue weighted by molar-refractivity contribution is -0.275. The summed E-state index contributed by atoms with van der Waals surface area (Å²) in [5.41, 5.74) is 0.428. The Balaban J connectivity index is 3.06. The van der Waals surface area contributed by atoms with Crippen LogP contribution in [0, 0.1) is 10.6 Å². The highest BCUT2D eigenvalue weighted by Gasteiger charge is 2.32. The number of aryl methyl sites for hydroxylation is 1. The summed E-state index contributed by atoms with van der Waals surface area (Å²) in [6, 6.07) is 1.15. The first-order valence-corrected chi connectivity index (χ1v) is 5.79. The maximum absolute atomic E-state index is 12.1. The minimum absolute atomic E-state index is 0.102. The van der Waals surface area contributed by atoms with Crippen LogP contribution in [0.5, 0.6) is 5.75 Å². The molecule has 18 heavy (non-hydrogen) atoms. The van der Waals surface area contributed by atoms with Crippen LogP contribution < -0.4 is 4.74 Å². The number of carbonyl (C=O) groups is 1. The Morgan fingerprint density at radius 3 is 2.61 bits per heavy atom. The fourth-order valence-corrected chi connectivity index (χ4v) is 1.88. The smallest absolute Gasteiger partial charge is 0.469 e. The van der Waals surface area contributed by atoms with Gasteiger partial charge in [-0.05, 0) is 41.1 Å². The van der Waals surface area contributed by atoms with E-state index in [9.17, 15) is 18.0 Å². The number of alkyl halides is 3. The largest absolute Gasteiger partial charge is 0.573 e. The van der Waals surface area contributed by atoms with Crippen LogP contribution in [0.4, 0.5) is 13.2 Å². The van der Waals surface area contributed by atoms with Crippen LogP contribution in [0.2, 0.25) is 0 Å². The van der Waals surface area contributed by atoms with Crippen molar-refractivity contribution < 1.29 is 27.4 Å². The molecule has 0 fully saturated rings. The molecule has 1 aromatic rings. The molecule has 0 aromatic carbocycles. The summed E-state index contributed by atoms with van der Waals surface area (Å²) in [7, 11) is 1.20. The van der Waals surface area contributed by atoms with E-state index in [4.69, 9.17) is 0 Å². The molecule has 0 saturated heterocycles. The van der Waals surface area contributed by atoms with Gasteiger partial charge >= 0.3 is 12.3 Å². The second-order valence-electron chi connectivity index (χ2n) is 3.32. The minimum atomic E-state index is -4.79. The summed E-state index contributed by atoms with van der Waals surface area (Å²) in [5.74, 6) is -0.974. The SMILES string of the molecule is COC(=O)Cc1cc(OC(F)(F)F)c(C)nc1I. The molecule has 0 unspecified atom stereocenters. The normalized spacial score (nSPS) is 11.2. The topological polar surface area (TPSA) is 48.4 Å². The van der Waals surface area contributed by atoms with Crippen molar-refractivity contribution in [3.05, 3.63) is 21.0 Å². The average molecular weight is 375 g/mol. The average Bonchev–Trinajstić information content (AvgIpc) is 2.23. The van der Waals surface area contributed by atoms with E-state index < -0.39 is 18.1 Å². The maximum atomic E-state index is 12.1. The number of hydrogen-bond acceptors (Lipinski definition) is 4. The summed E-state index contributed by atoms with van der Waals surface area (Å²) in [4.78, 5) is 15.0. The number of hydrogen-bond donors (Lipinski definition) is 0. The van der Waals surface area contributed by atoms with Gasteiger partial charge in [-0.1, -0.05) is 0 Å². The van der Waals surface area contributed by atoms with Gasteiger partial charge in [0, 0.05) is 0 Å². The number of aromatic nitrogens is 1. The second-order valence-corrected chi connectivity index (χ2v) is 4.34. The maximum Gasteiger partial charge on any atom is 0.573 e. The number of ether oxygens (including phenoxy) is 2. The molecule has 0 aliphatic carbocycles. The molecule has 1 rings (SSSR count). The number of methoxy groups -OCH3 is 1. The first-order chi connectivity index (χ1) is 8.23. The third-order valence-electron chi connectivity index (χ3n) is 1.98. The number of rotatable bonds is 3. The molecule has 0 radical (unpaired) electrons. The van der Waals surface area contributed by atoms with Gasteiger partial charge in [0.1, 0.15) is 3.70 Å². The van der Waals surface area contributed by atoms with Crippen molar-refractivity contribution in [2.75, 3.05) is 7.11 Å². The molecule has 0 amide bonds. The van der Waals surface area contributed by atoms with Gasteiger partial charge < -0.3 is 9.47 Å². The zero-order chi connectivity index (χ0) is 13.9. The highest BCUT2D eigenvalue weighted by atomic mass is 127. The molecule has 0 spiro atoms. The Kier molecular flexibility index (Phi) is 4.77. The van der Waals surface area contributed by atoms with Crippen LogP contribution in [-0.4, -0.2) is 24.4 Å². The van der Waals surface area contributed by atoms with E-state index >= 15 is 0 Å². The Labute approximate surface area is 115 Å². The van der Waals surface area contributed by atoms with Gasteiger partial charge in [0.25, 0.3) is 0 Å². The first-order valence-electron chi connectivity index (χ1n) is 4.71. The zero-order valence-electron chi connectivity index (χ0n) is 9.47. The summed E-state index contributed by atoms with van der Waals surface area (Å²) in [6.45, 7) is 1.39. The van der Waals surface area contributed by atoms with Gasteiger partial charge in [-0.25, -0.2) is 4.98 Å². The van der Waals surface area contributed by atoms with E-state index in [1.54, 1.807) is 0 Å². The molecule has 8 heteroatoms. The molecule has 1 heterocycles. The molecule has 1 aromatic heterocycles. The van der Waals surface area contributed by atoms with E-state index in [0.29, 0.717) is 9.26 Å². The Bertz CT molecular complexity index is 462. The molecule has 100 valence electrons. The van der Waals surface area contributed by atoms with E-state index in [0.717, 1.165) is 6.07 Å². The van der Waals surface area contributed by atoms with E-state index in [1.807, 2.05) is 22.6 Å². The van der Waals surface area contributed by atoms with Crippen molar-refractivity contribution in [2.45, 2.75) is 19.7 Å². The molecule has 0 aliphatic rings. The van der Waals surface area contributed by atoms with E-state index in [1.165, 1.54) is 14.0 Å². The third-order valence-corrected chi connectivity index (χ3v) is 2.91. The minimum Gasteiger partial charge on any atom is -0.469 e. The highest BCUT2D eigenvalue weighted by molar-refractivity contribution is 14.1. The van der Waals surface area contributed by atoms with Crippen LogP contribution >= 0.6 is 22.6 Å². The fourth-order valence-electron chi connectivity index (χ4n) is 1.18. The van der Waals surface area contributed by atoms with E-state index in [-0.39, 0.29) is 12.1 Å². The Hall–Kier alpha value is -1.06. The lowest BCUT2D eigenvalue weighted by atomic mass is 10.2. The Morgan fingerprint density at radius 1 is 1.50 bits per heavy atom. The molecule has 0 bridgehead atoms. The van der Waals surface area contributed by atoms with Gasteiger partial charge in [-0.15, -0.1) is 13.2 Å². The predicted molar refractivity (Wildman–Crippen MR) is 64.1 cm³/mol. The number of halogens is 4.